The van der Waals surface area contributed by atoms with Gasteiger partial charge in [-0.1, -0.05) is 37.1 Å². The lowest BCUT2D eigenvalue weighted by molar-refractivity contribution is -0.274. The molecule has 13 heteroatoms. The molecule has 2 fully saturated rings. The van der Waals surface area contributed by atoms with Crippen LogP contribution in [-0.4, -0.2) is 55.9 Å². The third-order valence-electron chi connectivity index (χ3n) is 7.88. The Morgan fingerprint density at radius 3 is 2.52 bits per heavy atom. The Balaban J connectivity index is 1.38. The molecule has 0 atom stereocenters. The Bertz CT molecular complexity index is 1340. The van der Waals surface area contributed by atoms with Crippen LogP contribution in [0.4, 0.5) is 29.6 Å². The minimum absolute atomic E-state index is 0.0560. The molecule has 1 aromatic heterocycles. The molecule has 3 amide bonds. The molecular weight excluding hydrogens is 527 g/mol. The summed E-state index contributed by atoms with van der Waals surface area (Å²) in [6.45, 7) is 5.08. The highest BCUT2D eigenvalue weighted by molar-refractivity contribution is 6.03. The SMILES string of the molecule is CC(C)C1CCC2(CC1)CN(c1cccc(OC(F)(F)F)c1)C(=O)N2Cc1ccc(C(=O)Nc2nn[nH]n2)cc1. The van der Waals surface area contributed by atoms with E-state index in [9.17, 15) is 22.8 Å². The predicted molar refractivity (Wildman–Crippen MR) is 140 cm³/mol. The van der Waals surface area contributed by atoms with Crippen molar-refractivity contribution in [1.29, 1.82) is 0 Å². The first kappa shape index (κ1) is 27.4. The minimum Gasteiger partial charge on any atom is -0.406 e. The lowest BCUT2D eigenvalue weighted by atomic mass is 9.72. The summed E-state index contributed by atoms with van der Waals surface area (Å²) < 4.78 is 42.6. The number of halogens is 3. The van der Waals surface area contributed by atoms with Crippen LogP contribution in [-0.2, 0) is 6.54 Å². The van der Waals surface area contributed by atoms with E-state index in [2.05, 4.69) is 44.5 Å². The molecule has 1 spiro atoms. The summed E-state index contributed by atoms with van der Waals surface area (Å²) in [6.07, 6.45) is -1.32. The number of H-pyrrole nitrogens is 1. The number of carbonyl (C=O) groups excluding carboxylic acids is 2. The van der Waals surface area contributed by atoms with Crippen molar-refractivity contribution >= 4 is 23.6 Å². The van der Waals surface area contributed by atoms with E-state index in [1.165, 1.54) is 18.2 Å². The molecule has 2 heterocycles. The van der Waals surface area contributed by atoms with Crippen LogP contribution in [0.1, 0.15) is 55.5 Å². The number of benzene rings is 2. The molecule has 1 saturated carbocycles. The van der Waals surface area contributed by atoms with Gasteiger partial charge in [0.15, 0.2) is 0 Å². The van der Waals surface area contributed by atoms with E-state index in [-0.39, 0.29) is 17.7 Å². The third kappa shape index (κ3) is 5.87. The number of nitrogens with zero attached hydrogens (tertiary/aromatic N) is 5. The lowest BCUT2D eigenvalue weighted by Gasteiger charge is -2.43. The number of anilines is 2. The maximum absolute atomic E-state index is 13.9. The van der Waals surface area contributed by atoms with Gasteiger partial charge in [-0.25, -0.2) is 4.79 Å². The minimum atomic E-state index is -4.83. The van der Waals surface area contributed by atoms with Gasteiger partial charge < -0.3 is 9.64 Å². The summed E-state index contributed by atoms with van der Waals surface area (Å²) in [6, 6.07) is 12.1. The van der Waals surface area contributed by atoms with Gasteiger partial charge in [-0.3, -0.25) is 15.0 Å². The van der Waals surface area contributed by atoms with Gasteiger partial charge in [0.05, 0.1) is 12.1 Å². The number of aromatic nitrogens is 4. The van der Waals surface area contributed by atoms with Crippen molar-refractivity contribution in [3.63, 3.8) is 0 Å². The Kier molecular flexibility index (Phi) is 7.39. The van der Waals surface area contributed by atoms with Crippen molar-refractivity contribution in [2.45, 2.75) is 58.0 Å². The number of rotatable bonds is 7. The molecule has 212 valence electrons. The summed E-state index contributed by atoms with van der Waals surface area (Å²) in [5.41, 5.74) is 1.10. The number of carbonyl (C=O) groups is 2. The highest BCUT2D eigenvalue weighted by atomic mass is 19.4. The number of ether oxygens (including phenoxy) is 1. The van der Waals surface area contributed by atoms with Crippen LogP contribution < -0.4 is 15.0 Å². The molecule has 0 radical (unpaired) electrons. The molecule has 10 nitrogen and oxygen atoms in total. The first-order valence-electron chi connectivity index (χ1n) is 13.1. The highest BCUT2D eigenvalue weighted by Crippen LogP contribution is 2.45. The largest absolute Gasteiger partial charge is 0.573 e. The van der Waals surface area contributed by atoms with Crippen LogP contribution in [0, 0.1) is 11.8 Å². The maximum atomic E-state index is 13.9. The van der Waals surface area contributed by atoms with Crippen molar-refractivity contribution in [1.82, 2.24) is 25.5 Å². The third-order valence-corrected chi connectivity index (χ3v) is 7.88. The smallest absolute Gasteiger partial charge is 0.406 e. The fraction of sp³-hybridized carbons (Fsp3) is 0.444. The van der Waals surface area contributed by atoms with Gasteiger partial charge in [-0.05, 0) is 72.6 Å². The molecule has 1 aliphatic heterocycles. The van der Waals surface area contributed by atoms with E-state index in [1.54, 1.807) is 35.2 Å². The van der Waals surface area contributed by atoms with Gasteiger partial charge in [-0.15, -0.1) is 18.3 Å². The molecule has 1 saturated heterocycles. The van der Waals surface area contributed by atoms with E-state index in [1.807, 2.05) is 4.90 Å². The monoisotopic (exact) mass is 557 g/mol. The van der Waals surface area contributed by atoms with Crippen LogP contribution in [0.15, 0.2) is 48.5 Å². The fourth-order valence-electron chi connectivity index (χ4n) is 5.69. The molecule has 1 aliphatic carbocycles. The zero-order chi connectivity index (χ0) is 28.5. The number of aromatic amines is 1. The number of nitrogens with one attached hydrogen (secondary N) is 2. The van der Waals surface area contributed by atoms with Crippen LogP contribution >= 0.6 is 0 Å². The first-order valence-corrected chi connectivity index (χ1v) is 13.1. The van der Waals surface area contributed by atoms with Crippen LogP contribution in [0.3, 0.4) is 0 Å². The van der Waals surface area contributed by atoms with E-state index in [0.717, 1.165) is 31.2 Å². The van der Waals surface area contributed by atoms with Crippen LogP contribution in [0.5, 0.6) is 5.75 Å². The summed E-state index contributed by atoms with van der Waals surface area (Å²) in [4.78, 5) is 29.7. The van der Waals surface area contributed by atoms with E-state index in [0.29, 0.717) is 36.2 Å². The molecule has 2 aromatic carbocycles. The summed E-state index contributed by atoms with van der Waals surface area (Å²) in [7, 11) is 0. The molecule has 2 aliphatic rings. The maximum Gasteiger partial charge on any atom is 0.573 e. The van der Waals surface area contributed by atoms with Crippen LogP contribution in [0.25, 0.3) is 0 Å². The molecule has 40 heavy (non-hydrogen) atoms. The zero-order valence-electron chi connectivity index (χ0n) is 22.1. The topological polar surface area (TPSA) is 116 Å². The summed E-state index contributed by atoms with van der Waals surface area (Å²) in [5.74, 6) is 0.364. The van der Waals surface area contributed by atoms with Crippen molar-refractivity contribution < 1.29 is 27.5 Å². The van der Waals surface area contributed by atoms with Gasteiger partial charge in [-0.2, -0.15) is 5.21 Å². The summed E-state index contributed by atoms with van der Waals surface area (Å²) in [5, 5.41) is 15.6. The van der Waals surface area contributed by atoms with Gasteiger partial charge >= 0.3 is 12.4 Å². The number of tetrazole rings is 1. The highest BCUT2D eigenvalue weighted by Gasteiger charge is 2.51. The van der Waals surface area contributed by atoms with Gasteiger partial charge in [0.1, 0.15) is 5.75 Å². The average Bonchev–Trinajstić information content (AvgIpc) is 3.51. The van der Waals surface area contributed by atoms with E-state index in [4.69, 9.17) is 0 Å². The van der Waals surface area contributed by atoms with Crippen molar-refractivity contribution in [2.24, 2.45) is 11.8 Å². The Hall–Kier alpha value is -4.16. The second-order valence-corrected chi connectivity index (χ2v) is 10.7. The molecule has 3 aromatic rings. The Morgan fingerprint density at radius 1 is 1.18 bits per heavy atom. The second-order valence-electron chi connectivity index (χ2n) is 10.7. The van der Waals surface area contributed by atoms with Crippen LogP contribution in [0.2, 0.25) is 0 Å². The Labute approximate surface area is 228 Å². The predicted octanol–water partition coefficient (Wildman–Crippen LogP) is 5.38. The lowest BCUT2D eigenvalue weighted by Crippen LogP contribution is -2.49. The second kappa shape index (κ2) is 10.8. The summed E-state index contributed by atoms with van der Waals surface area (Å²) >= 11 is 0. The standard InChI is InChI=1S/C27H30F3N7O3/c1-17(2)19-10-12-26(13-11-19)16-36(21-4-3-5-22(14-21)40-27(28,29)30)25(39)37(26)15-18-6-8-20(9-7-18)23(38)31-24-32-34-35-33-24/h3-9,14,17,19H,10-13,15-16H2,1-2H3,(H2,31,32,33,34,35,38). The number of hydrogen-bond acceptors (Lipinski definition) is 6. The first-order chi connectivity index (χ1) is 19.0. The van der Waals surface area contributed by atoms with Gasteiger partial charge in [0.25, 0.3) is 11.9 Å². The number of amides is 3. The number of hydrogen-bond donors (Lipinski definition) is 2. The molecular formula is C27H30F3N7O3. The molecule has 2 N–H and O–H groups in total. The van der Waals surface area contributed by atoms with E-state index >= 15 is 0 Å². The molecule has 0 bridgehead atoms. The molecule has 0 unspecified atom stereocenters. The van der Waals surface area contributed by atoms with Crippen molar-refractivity contribution in [3.8, 4) is 5.75 Å². The number of urea groups is 1. The van der Waals surface area contributed by atoms with E-state index < -0.39 is 17.8 Å². The average molecular weight is 558 g/mol. The normalized spacial score (nSPS) is 21.4. The quantitative estimate of drug-likeness (QED) is 0.403. The molecule has 5 rings (SSSR count). The van der Waals surface area contributed by atoms with Crippen molar-refractivity contribution in [2.75, 3.05) is 16.8 Å². The fourth-order valence-corrected chi connectivity index (χ4v) is 5.69. The Morgan fingerprint density at radius 2 is 1.90 bits per heavy atom. The zero-order valence-corrected chi connectivity index (χ0v) is 22.1. The number of alkyl halides is 3. The van der Waals surface area contributed by atoms with Crippen molar-refractivity contribution in [3.05, 3.63) is 59.7 Å². The van der Waals surface area contributed by atoms with Gasteiger partial charge in [0.2, 0.25) is 0 Å². The van der Waals surface area contributed by atoms with Gasteiger partial charge in [0, 0.05) is 23.9 Å².